The highest BCUT2D eigenvalue weighted by Gasteiger charge is 2.18. The van der Waals surface area contributed by atoms with E-state index in [-0.39, 0.29) is 24.4 Å². The number of anilines is 2. The van der Waals surface area contributed by atoms with Crippen LogP contribution >= 0.6 is 0 Å². The zero-order chi connectivity index (χ0) is 17.7. The van der Waals surface area contributed by atoms with Gasteiger partial charge in [0.15, 0.2) is 0 Å². The van der Waals surface area contributed by atoms with Crippen molar-refractivity contribution in [1.29, 1.82) is 0 Å². The lowest BCUT2D eigenvalue weighted by Gasteiger charge is -2.34. The molecule has 1 saturated heterocycles. The summed E-state index contributed by atoms with van der Waals surface area (Å²) in [5.41, 5.74) is 7.71. The Kier molecular flexibility index (Phi) is 6.03. The summed E-state index contributed by atoms with van der Waals surface area (Å²) in [6.07, 6.45) is 0. The van der Waals surface area contributed by atoms with E-state index in [2.05, 4.69) is 27.8 Å². The van der Waals surface area contributed by atoms with E-state index in [9.17, 15) is 9.59 Å². The fourth-order valence-corrected chi connectivity index (χ4v) is 2.73. The Morgan fingerprint density at radius 3 is 2.83 bits per heavy atom. The monoisotopic (exact) mass is 333 g/mol. The molecule has 2 rings (SSSR count). The van der Waals surface area contributed by atoms with Gasteiger partial charge in [-0.25, -0.2) is 0 Å². The van der Waals surface area contributed by atoms with E-state index < -0.39 is 0 Å². The summed E-state index contributed by atoms with van der Waals surface area (Å²) in [6, 6.07) is 5.90. The van der Waals surface area contributed by atoms with Crippen LogP contribution in [0, 0.1) is 0 Å². The van der Waals surface area contributed by atoms with Crippen LogP contribution in [0.25, 0.3) is 0 Å². The number of hydrogen-bond acceptors (Lipinski definition) is 5. The Labute approximate surface area is 143 Å². The van der Waals surface area contributed by atoms with Crippen molar-refractivity contribution in [3.05, 3.63) is 23.8 Å². The summed E-state index contributed by atoms with van der Waals surface area (Å²) >= 11 is 0. The number of nitrogens with two attached hydrogens (primary N) is 1. The topological polar surface area (TPSA) is 99.5 Å². The van der Waals surface area contributed by atoms with E-state index in [4.69, 9.17) is 5.73 Å². The molecule has 1 atom stereocenters. The standard InChI is InChI=1S/C17H27N5O2/c1-11(2)21-16(23)9-20-17(24)14-8-13(4-5-15(14)18)22-7-6-19-12(3)10-22/h4-5,8,11-12,19H,6-7,9-10,18H2,1-3H3,(H,20,24)(H,21,23)/t12-/m0/s1. The summed E-state index contributed by atoms with van der Waals surface area (Å²) in [4.78, 5) is 26.2. The smallest absolute Gasteiger partial charge is 0.253 e. The van der Waals surface area contributed by atoms with Gasteiger partial charge in [0.25, 0.3) is 5.91 Å². The van der Waals surface area contributed by atoms with Gasteiger partial charge >= 0.3 is 0 Å². The van der Waals surface area contributed by atoms with Gasteiger partial charge in [-0.05, 0) is 39.0 Å². The molecule has 2 amide bonds. The molecular formula is C17H27N5O2. The fraction of sp³-hybridized carbons (Fsp3) is 0.529. The minimum atomic E-state index is -0.337. The minimum Gasteiger partial charge on any atom is -0.398 e. The molecular weight excluding hydrogens is 306 g/mol. The number of nitrogens with zero attached hydrogens (tertiary/aromatic N) is 1. The molecule has 1 aromatic carbocycles. The van der Waals surface area contributed by atoms with Crippen LogP contribution < -0.4 is 26.6 Å². The van der Waals surface area contributed by atoms with Gasteiger partial charge in [0.05, 0.1) is 12.1 Å². The molecule has 0 aliphatic carbocycles. The number of carbonyl (C=O) groups is 2. The number of nitrogen functional groups attached to an aromatic ring is 1. The number of benzene rings is 1. The van der Waals surface area contributed by atoms with E-state index >= 15 is 0 Å². The van der Waals surface area contributed by atoms with Crippen LogP contribution in [0.15, 0.2) is 18.2 Å². The van der Waals surface area contributed by atoms with Crippen molar-refractivity contribution in [2.45, 2.75) is 32.9 Å². The summed E-state index contributed by atoms with van der Waals surface area (Å²) < 4.78 is 0. The molecule has 0 bridgehead atoms. The summed E-state index contributed by atoms with van der Waals surface area (Å²) in [5, 5.41) is 8.74. The molecule has 1 aliphatic heterocycles. The van der Waals surface area contributed by atoms with E-state index in [1.807, 2.05) is 19.9 Å². The van der Waals surface area contributed by atoms with E-state index in [1.54, 1.807) is 12.1 Å². The van der Waals surface area contributed by atoms with Crippen molar-refractivity contribution in [2.75, 3.05) is 36.8 Å². The Bertz CT molecular complexity index is 603. The van der Waals surface area contributed by atoms with Crippen LogP contribution in [0.2, 0.25) is 0 Å². The minimum absolute atomic E-state index is 0.0394. The van der Waals surface area contributed by atoms with Gasteiger partial charge in [-0.15, -0.1) is 0 Å². The van der Waals surface area contributed by atoms with E-state index in [0.717, 1.165) is 25.3 Å². The Morgan fingerprint density at radius 1 is 1.42 bits per heavy atom. The van der Waals surface area contributed by atoms with Crippen LogP contribution in [0.1, 0.15) is 31.1 Å². The van der Waals surface area contributed by atoms with Gasteiger partial charge in [-0.3, -0.25) is 9.59 Å². The molecule has 0 radical (unpaired) electrons. The van der Waals surface area contributed by atoms with E-state index in [1.165, 1.54) is 0 Å². The molecule has 0 unspecified atom stereocenters. The Balaban J connectivity index is 2.04. The third kappa shape index (κ3) is 4.86. The number of piperazine rings is 1. The second kappa shape index (κ2) is 8.01. The zero-order valence-corrected chi connectivity index (χ0v) is 14.6. The largest absolute Gasteiger partial charge is 0.398 e. The second-order valence-corrected chi connectivity index (χ2v) is 6.48. The van der Waals surface area contributed by atoms with Crippen LogP contribution in [0.3, 0.4) is 0 Å². The first-order valence-electron chi connectivity index (χ1n) is 8.32. The molecule has 7 heteroatoms. The van der Waals surface area contributed by atoms with Crippen molar-refractivity contribution in [3.8, 4) is 0 Å². The van der Waals surface area contributed by atoms with Crippen LogP contribution in [0.5, 0.6) is 0 Å². The highest BCUT2D eigenvalue weighted by Crippen LogP contribution is 2.22. The molecule has 0 saturated carbocycles. The average Bonchev–Trinajstić information content (AvgIpc) is 2.52. The zero-order valence-electron chi connectivity index (χ0n) is 14.6. The Morgan fingerprint density at radius 2 is 2.17 bits per heavy atom. The van der Waals surface area contributed by atoms with Gasteiger partial charge in [0, 0.05) is 43.1 Å². The van der Waals surface area contributed by atoms with Gasteiger partial charge < -0.3 is 26.6 Å². The molecule has 24 heavy (non-hydrogen) atoms. The van der Waals surface area contributed by atoms with Crippen molar-refractivity contribution in [3.63, 3.8) is 0 Å². The SMILES string of the molecule is CC(C)NC(=O)CNC(=O)c1cc(N2CCN[C@@H](C)C2)ccc1N. The fourth-order valence-electron chi connectivity index (χ4n) is 2.73. The lowest BCUT2D eigenvalue weighted by Crippen LogP contribution is -2.49. The summed E-state index contributed by atoms with van der Waals surface area (Å²) in [5.74, 6) is -0.555. The molecule has 7 nitrogen and oxygen atoms in total. The maximum atomic E-state index is 12.4. The first kappa shape index (κ1) is 18.1. The molecule has 0 aromatic heterocycles. The predicted molar refractivity (Wildman–Crippen MR) is 96.1 cm³/mol. The quantitative estimate of drug-likeness (QED) is 0.582. The lowest BCUT2D eigenvalue weighted by molar-refractivity contribution is -0.120. The molecule has 132 valence electrons. The highest BCUT2D eigenvalue weighted by atomic mass is 16.2. The lowest BCUT2D eigenvalue weighted by atomic mass is 10.1. The third-order valence-electron chi connectivity index (χ3n) is 3.87. The molecule has 1 heterocycles. The first-order valence-corrected chi connectivity index (χ1v) is 8.32. The van der Waals surface area contributed by atoms with Crippen molar-refractivity contribution in [1.82, 2.24) is 16.0 Å². The maximum absolute atomic E-state index is 12.4. The highest BCUT2D eigenvalue weighted by molar-refractivity contribution is 6.01. The van der Waals surface area contributed by atoms with Gasteiger partial charge in [0.1, 0.15) is 0 Å². The third-order valence-corrected chi connectivity index (χ3v) is 3.87. The van der Waals surface area contributed by atoms with E-state index in [0.29, 0.717) is 17.3 Å². The number of amides is 2. The maximum Gasteiger partial charge on any atom is 0.253 e. The van der Waals surface area contributed by atoms with Gasteiger partial charge in [-0.1, -0.05) is 0 Å². The van der Waals surface area contributed by atoms with Crippen LogP contribution in [0.4, 0.5) is 11.4 Å². The van der Waals surface area contributed by atoms with Crippen molar-refractivity contribution in [2.24, 2.45) is 0 Å². The number of carbonyl (C=O) groups excluding carboxylic acids is 2. The summed E-state index contributed by atoms with van der Waals surface area (Å²) in [7, 11) is 0. The molecule has 1 aromatic rings. The second-order valence-electron chi connectivity index (χ2n) is 6.48. The average molecular weight is 333 g/mol. The van der Waals surface area contributed by atoms with Crippen molar-refractivity contribution >= 4 is 23.2 Å². The van der Waals surface area contributed by atoms with Crippen molar-refractivity contribution < 1.29 is 9.59 Å². The summed E-state index contributed by atoms with van der Waals surface area (Å²) in [6.45, 7) is 8.47. The van der Waals surface area contributed by atoms with Gasteiger partial charge in [0.2, 0.25) is 5.91 Å². The normalized spacial score (nSPS) is 17.7. The Hall–Kier alpha value is -2.28. The van der Waals surface area contributed by atoms with Crippen LogP contribution in [-0.2, 0) is 4.79 Å². The number of rotatable bonds is 5. The number of nitrogens with one attached hydrogen (secondary N) is 3. The van der Waals surface area contributed by atoms with Gasteiger partial charge in [-0.2, -0.15) is 0 Å². The first-order chi connectivity index (χ1) is 11.4. The molecule has 1 aliphatic rings. The molecule has 5 N–H and O–H groups in total. The number of hydrogen-bond donors (Lipinski definition) is 4. The predicted octanol–water partition coefficient (Wildman–Crippen LogP) is 0.321. The molecule has 0 spiro atoms. The van der Waals surface area contributed by atoms with Crippen LogP contribution in [-0.4, -0.2) is 50.1 Å². The molecule has 1 fully saturated rings.